The Morgan fingerprint density at radius 1 is 0.957 bits per heavy atom. The third-order valence-corrected chi connectivity index (χ3v) is 9.23. The number of benzene rings is 2. The van der Waals surface area contributed by atoms with Gasteiger partial charge in [-0.3, -0.25) is 9.59 Å². The zero-order chi connectivity index (χ0) is 31.9. The minimum absolute atomic E-state index is 0.0800. The van der Waals surface area contributed by atoms with E-state index in [4.69, 9.17) is 10.7 Å². The zero-order valence-electron chi connectivity index (χ0n) is 26.2. The Bertz CT molecular complexity index is 1580. The molecule has 0 unspecified atom stereocenters. The molecule has 6 rings (SSSR count). The van der Waals surface area contributed by atoms with Gasteiger partial charge in [0.05, 0.1) is 0 Å². The number of likely N-dealkylation sites (N-methyl/N-ethyl adjacent to an activating group) is 1. The van der Waals surface area contributed by atoms with Gasteiger partial charge in [-0.25, -0.2) is 10.1 Å². The standard InChI is InChI=1S/C34H42N10O2/c1-43-15-17-44(18-16-43)31-14-11-28(22-36-31)27-4-2-3-24(19-27)20-30(38-33(45)26-7-5-23(21-35)6-8-26)34(46)37-29-12-9-25(10-13-29)32-39-41-42-40-32/h2-4,9-14,19,22-23,26,30H,5-8,15-18,20-21,35H2,1H3,(H,37,46)(H,38,45)(H,39,40,41,42)/t23?,26?,30-/m0/s1. The monoisotopic (exact) mass is 622 g/mol. The van der Waals surface area contributed by atoms with Crippen LogP contribution in [-0.4, -0.2) is 88.1 Å². The van der Waals surface area contributed by atoms with Crippen molar-refractivity contribution in [3.8, 4) is 22.5 Å². The Hall–Kier alpha value is -4.68. The highest BCUT2D eigenvalue weighted by Crippen LogP contribution is 2.29. The average molecular weight is 623 g/mol. The lowest BCUT2D eigenvalue weighted by molar-refractivity contribution is -0.130. The predicted octanol–water partition coefficient (Wildman–Crippen LogP) is 3.11. The molecular weight excluding hydrogens is 580 g/mol. The van der Waals surface area contributed by atoms with Gasteiger partial charge in [0.1, 0.15) is 11.9 Å². The number of piperazine rings is 1. The second kappa shape index (κ2) is 14.6. The lowest BCUT2D eigenvalue weighted by Gasteiger charge is -2.33. The van der Waals surface area contributed by atoms with Crippen LogP contribution in [0.3, 0.4) is 0 Å². The van der Waals surface area contributed by atoms with E-state index in [1.54, 1.807) is 12.1 Å². The second-order valence-corrected chi connectivity index (χ2v) is 12.4. The van der Waals surface area contributed by atoms with Crippen LogP contribution in [0.25, 0.3) is 22.5 Å². The summed E-state index contributed by atoms with van der Waals surface area (Å²) in [4.78, 5) is 36.5. The number of rotatable bonds is 10. The van der Waals surface area contributed by atoms with E-state index in [-0.39, 0.29) is 17.7 Å². The molecular formula is C34H42N10O2. The van der Waals surface area contributed by atoms with Crippen molar-refractivity contribution in [2.45, 2.75) is 38.1 Å². The number of nitrogens with one attached hydrogen (secondary N) is 3. The van der Waals surface area contributed by atoms with Gasteiger partial charge in [-0.15, -0.1) is 5.10 Å². The number of nitrogens with two attached hydrogens (primary N) is 1. The first-order valence-electron chi connectivity index (χ1n) is 16.1. The highest BCUT2D eigenvalue weighted by molar-refractivity contribution is 5.97. The van der Waals surface area contributed by atoms with Crippen molar-refractivity contribution in [2.75, 3.05) is 50.0 Å². The van der Waals surface area contributed by atoms with Crippen LogP contribution in [0.2, 0.25) is 0 Å². The number of hydrogen-bond donors (Lipinski definition) is 4. The minimum atomic E-state index is -0.758. The Kier molecular flexibility index (Phi) is 9.94. The molecule has 12 heteroatoms. The van der Waals surface area contributed by atoms with E-state index >= 15 is 0 Å². The van der Waals surface area contributed by atoms with E-state index in [1.165, 1.54) is 0 Å². The Labute approximate surface area is 269 Å². The first-order valence-corrected chi connectivity index (χ1v) is 16.1. The fourth-order valence-corrected chi connectivity index (χ4v) is 6.27. The minimum Gasteiger partial charge on any atom is -0.354 e. The lowest BCUT2D eigenvalue weighted by Crippen LogP contribution is -2.48. The van der Waals surface area contributed by atoms with Gasteiger partial charge < -0.3 is 26.2 Å². The first-order chi connectivity index (χ1) is 22.4. The molecule has 0 radical (unpaired) electrons. The molecule has 1 aliphatic heterocycles. The maximum Gasteiger partial charge on any atom is 0.247 e. The van der Waals surface area contributed by atoms with Gasteiger partial charge in [0, 0.05) is 61.5 Å². The average Bonchev–Trinajstić information content (AvgIpc) is 3.64. The van der Waals surface area contributed by atoms with Crippen molar-refractivity contribution >= 4 is 23.3 Å². The second-order valence-electron chi connectivity index (χ2n) is 12.4. The number of tetrazole rings is 1. The quantitative estimate of drug-likeness (QED) is 0.209. The van der Waals surface area contributed by atoms with E-state index in [9.17, 15) is 9.59 Å². The normalized spacial score (nSPS) is 19.4. The smallest absolute Gasteiger partial charge is 0.247 e. The van der Waals surface area contributed by atoms with E-state index in [0.29, 0.717) is 30.4 Å². The molecule has 4 aromatic rings. The molecule has 1 atom stereocenters. The fraction of sp³-hybridized carbons (Fsp3) is 0.412. The number of amides is 2. The number of hydrogen-bond acceptors (Lipinski definition) is 9. The van der Waals surface area contributed by atoms with Gasteiger partial charge in [-0.05, 0) is 103 Å². The molecule has 5 N–H and O–H groups in total. The molecule has 0 bridgehead atoms. The van der Waals surface area contributed by atoms with Crippen molar-refractivity contribution in [1.29, 1.82) is 0 Å². The van der Waals surface area contributed by atoms with Crippen LogP contribution in [0, 0.1) is 11.8 Å². The van der Waals surface area contributed by atoms with Crippen molar-refractivity contribution < 1.29 is 9.59 Å². The maximum absolute atomic E-state index is 13.7. The predicted molar refractivity (Wildman–Crippen MR) is 178 cm³/mol. The molecule has 12 nitrogen and oxygen atoms in total. The Morgan fingerprint density at radius 2 is 1.72 bits per heavy atom. The van der Waals surface area contributed by atoms with Crippen molar-refractivity contribution in [2.24, 2.45) is 17.6 Å². The number of H-pyrrole nitrogens is 1. The van der Waals surface area contributed by atoms with Crippen LogP contribution < -0.4 is 21.3 Å². The molecule has 2 aromatic carbocycles. The summed E-state index contributed by atoms with van der Waals surface area (Å²) in [6, 6.07) is 18.8. The zero-order valence-corrected chi connectivity index (χ0v) is 26.2. The van der Waals surface area contributed by atoms with Gasteiger partial charge in [-0.2, -0.15) is 0 Å². The summed E-state index contributed by atoms with van der Waals surface area (Å²) < 4.78 is 0. The Morgan fingerprint density at radius 3 is 2.39 bits per heavy atom. The molecule has 1 saturated heterocycles. The van der Waals surface area contributed by atoms with E-state index < -0.39 is 6.04 Å². The number of anilines is 2. The number of nitrogens with zero attached hydrogens (tertiary/aromatic N) is 6. The molecule has 240 valence electrons. The maximum atomic E-state index is 13.7. The van der Waals surface area contributed by atoms with E-state index in [1.807, 2.05) is 36.5 Å². The van der Waals surface area contributed by atoms with Crippen LogP contribution in [0.15, 0.2) is 66.9 Å². The molecule has 3 heterocycles. The summed E-state index contributed by atoms with van der Waals surface area (Å²) in [5.41, 5.74) is 10.2. The fourth-order valence-electron chi connectivity index (χ4n) is 6.27. The topological polar surface area (TPSA) is 158 Å². The largest absolute Gasteiger partial charge is 0.354 e. The molecule has 1 aliphatic carbocycles. The summed E-state index contributed by atoms with van der Waals surface area (Å²) in [7, 11) is 2.14. The van der Waals surface area contributed by atoms with Crippen LogP contribution in [-0.2, 0) is 16.0 Å². The van der Waals surface area contributed by atoms with Crippen molar-refractivity contribution in [3.05, 3.63) is 72.4 Å². The third kappa shape index (κ3) is 7.75. The summed E-state index contributed by atoms with van der Waals surface area (Å²) in [5.74, 6) is 1.51. The number of pyridine rings is 1. The number of aromatic nitrogens is 5. The summed E-state index contributed by atoms with van der Waals surface area (Å²) in [6.45, 7) is 4.63. The van der Waals surface area contributed by atoms with Crippen LogP contribution in [0.5, 0.6) is 0 Å². The van der Waals surface area contributed by atoms with E-state index in [2.05, 4.69) is 66.3 Å². The molecule has 2 aliphatic rings. The van der Waals surface area contributed by atoms with Gasteiger partial charge in [0.2, 0.25) is 11.8 Å². The molecule has 2 aromatic heterocycles. The SMILES string of the molecule is CN1CCN(c2ccc(-c3cccc(C[C@H](NC(=O)C4CCC(CN)CC4)C(=O)Nc4ccc(-c5nnn[nH]5)cc4)c3)cn2)CC1. The third-order valence-electron chi connectivity index (χ3n) is 9.23. The lowest BCUT2D eigenvalue weighted by atomic mass is 9.81. The highest BCUT2D eigenvalue weighted by Gasteiger charge is 2.29. The van der Waals surface area contributed by atoms with Crippen molar-refractivity contribution in [1.82, 2.24) is 35.8 Å². The van der Waals surface area contributed by atoms with Crippen LogP contribution in [0.4, 0.5) is 11.5 Å². The van der Waals surface area contributed by atoms with Crippen LogP contribution in [0.1, 0.15) is 31.2 Å². The van der Waals surface area contributed by atoms with E-state index in [0.717, 1.165) is 79.9 Å². The number of carbonyl (C=O) groups excluding carboxylic acids is 2. The Balaban J connectivity index is 1.17. The van der Waals surface area contributed by atoms with Crippen LogP contribution >= 0.6 is 0 Å². The first kappa shape index (κ1) is 31.3. The van der Waals surface area contributed by atoms with Gasteiger partial charge in [-0.1, -0.05) is 24.3 Å². The summed E-state index contributed by atoms with van der Waals surface area (Å²) in [6.07, 6.45) is 5.69. The number of aromatic amines is 1. The summed E-state index contributed by atoms with van der Waals surface area (Å²) >= 11 is 0. The molecule has 2 fully saturated rings. The van der Waals surface area contributed by atoms with Gasteiger partial charge >= 0.3 is 0 Å². The highest BCUT2D eigenvalue weighted by atomic mass is 16.2. The molecule has 1 saturated carbocycles. The summed E-state index contributed by atoms with van der Waals surface area (Å²) in [5, 5.41) is 20.0. The molecule has 2 amide bonds. The molecule has 0 spiro atoms. The van der Waals surface area contributed by atoms with Crippen molar-refractivity contribution in [3.63, 3.8) is 0 Å². The molecule has 46 heavy (non-hydrogen) atoms. The van der Waals surface area contributed by atoms with Gasteiger partial charge in [0.25, 0.3) is 0 Å². The van der Waals surface area contributed by atoms with Gasteiger partial charge in [0.15, 0.2) is 5.82 Å². The number of carbonyl (C=O) groups is 2.